The number of benzene rings is 1. The molecule has 1 N–H and O–H groups in total. The summed E-state index contributed by atoms with van der Waals surface area (Å²) in [4.78, 5) is 8.76. The Morgan fingerprint density at radius 2 is 2.00 bits per heavy atom. The van der Waals surface area contributed by atoms with Crippen LogP contribution in [-0.4, -0.2) is 9.97 Å². The minimum atomic E-state index is 0.256. The Hall–Kier alpha value is -1.74. The minimum absolute atomic E-state index is 0.256. The van der Waals surface area contributed by atoms with Gasteiger partial charge in [-0.2, -0.15) is 0 Å². The van der Waals surface area contributed by atoms with E-state index in [0.29, 0.717) is 6.04 Å². The average molecular weight is 281 g/mol. The fourth-order valence-electron chi connectivity index (χ4n) is 3.17. The number of fused-ring (bicyclic) bond motifs is 1. The summed E-state index contributed by atoms with van der Waals surface area (Å²) >= 11 is 0. The maximum absolute atomic E-state index is 4.44. The average Bonchev–Trinajstić information content (AvgIpc) is 2.48. The van der Waals surface area contributed by atoms with Crippen molar-refractivity contribution in [1.29, 1.82) is 0 Å². The van der Waals surface area contributed by atoms with Crippen molar-refractivity contribution >= 4 is 0 Å². The Bertz CT molecular complexity index is 617. The molecule has 21 heavy (non-hydrogen) atoms. The van der Waals surface area contributed by atoms with Gasteiger partial charge >= 0.3 is 0 Å². The van der Waals surface area contributed by atoms with Gasteiger partial charge in [0, 0.05) is 25.0 Å². The molecule has 0 bridgehead atoms. The maximum Gasteiger partial charge on any atom is 0.0724 e. The highest BCUT2D eigenvalue weighted by Crippen LogP contribution is 2.43. The van der Waals surface area contributed by atoms with E-state index in [2.05, 4.69) is 53.4 Å². The Balaban J connectivity index is 1.81. The third kappa shape index (κ3) is 2.98. The number of nitrogens with zero attached hydrogens (tertiary/aromatic N) is 2. The van der Waals surface area contributed by atoms with Crippen LogP contribution in [0, 0.1) is 12.3 Å². The second kappa shape index (κ2) is 5.57. The highest BCUT2D eigenvalue weighted by Gasteiger charge is 2.35. The van der Waals surface area contributed by atoms with Crippen molar-refractivity contribution in [1.82, 2.24) is 15.3 Å². The molecule has 1 unspecified atom stereocenters. The summed E-state index contributed by atoms with van der Waals surface area (Å²) in [5, 5.41) is 3.70. The summed E-state index contributed by atoms with van der Waals surface area (Å²) in [6.45, 7) is 7.42. The third-order valence-electron chi connectivity index (χ3n) is 4.51. The van der Waals surface area contributed by atoms with E-state index in [1.54, 1.807) is 0 Å². The van der Waals surface area contributed by atoms with Gasteiger partial charge in [-0.1, -0.05) is 38.1 Å². The van der Waals surface area contributed by atoms with Gasteiger partial charge in [-0.15, -0.1) is 0 Å². The van der Waals surface area contributed by atoms with Crippen LogP contribution in [0.4, 0.5) is 0 Å². The molecule has 0 radical (unpaired) electrons. The summed E-state index contributed by atoms with van der Waals surface area (Å²) < 4.78 is 0. The molecule has 1 aliphatic rings. The molecule has 110 valence electrons. The van der Waals surface area contributed by atoms with Gasteiger partial charge in [0.25, 0.3) is 0 Å². The van der Waals surface area contributed by atoms with E-state index in [0.717, 1.165) is 17.9 Å². The molecule has 0 amide bonds. The van der Waals surface area contributed by atoms with Crippen LogP contribution in [0.1, 0.15) is 48.8 Å². The van der Waals surface area contributed by atoms with Crippen LogP contribution in [0.2, 0.25) is 0 Å². The van der Waals surface area contributed by atoms with Crippen molar-refractivity contribution in [3.8, 4) is 0 Å². The largest absolute Gasteiger partial charge is 0.304 e. The molecule has 0 fully saturated rings. The first-order chi connectivity index (χ1) is 10.1. The van der Waals surface area contributed by atoms with Gasteiger partial charge in [0.2, 0.25) is 0 Å². The van der Waals surface area contributed by atoms with Crippen molar-refractivity contribution in [3.63, 3.8) is 0 Å². The van der Waals surface area contributed by atoms with E-state index in [1.807, 2.05) is 19.3 Å². The number of nitrogens with one attached hydrogen (secondary N) is 1. The van der Waals surface area contributed by atoms with Crippen LogP contribution in [0.15, 0.2) is 36.7 Å². The molecule has 0 saturated carbocycles. The fraction of sp³-hybridized carbons (Fsp3) is 0.444. The second-order valence-corrected chi connectivity index (χ2v) is 6.65. The predicted molar refractivity (Wildman–Crippen MR) is 84.9 cm³/mol. The fourth-order valence-corrected chi connectivity index (χ4v) is 3.17. The lowest BCUT2D eigenvalue weighted by Crippen LogP contribution is -2.38. The molecule has 0 aliphatic heterocycles. The molecule has 3 nitrogen and oxygen atoms in total. The smallest absolute Gasteiger partial charge is 0.0724 e. The number of hydrogen-bond acceptors (Lipinski definition) is 3. The van der Waals surface area contributed by atoms with Crippen LogP contribution in [0.25, 0.3) is 0 Å². The van der Waals surface area contributed by atoms with Gasteiger partial charge in [-0.25, -0.2) is 0 Å². The molecule has 0 saturated heterocycles. The van der Waals surface area contributed by atoms with Crippen molar-refractivity contribution in [2.75, 3.05) is 0 Å². The minimum Gasteiger partial charge on any atom is -0.304 e. The van der Waals surface area contributed by atoms with Crippen LogP contribution < -0.4 is 5.32 Å². The molecule has 1 atom stereocenters. The summed E-state index contributed by atoms with van der Waals surface area (Å²) in [6.07, 6.45) is 6.08. The summed E-state index contributed by atoms with van der Waals surface area (Å²) in [5.41, 5.74) is 5.13. The molecule has 1 heterocycles. The molecular weight excluding hydrogens is 258 g/mol. The molecular formula is C18H23N3. The first-order valence-corrected chi connectivity index (χ1v) is 7.65. The Morgan fingerprint density at radius 3 is 2.76 bits per heavy atom. The molecule has 2 aromatic rings. The summed E-state index contributed by atoms with van der Waals surface area (Å²) in [5.74, 6) is 0. The molecule has 1 aromatic heterocycles. The lowest BCUT2D eigenvalue weighted by atomic mass is 9.70. The molecule has 1 aromatic carbocycles. The maximum atomic E-state index is 4.44. The van der Waals surface area contributed by atoms with Crippen molar-refractivity contribution in [2.24, 2.45) is 5.41 Å². The van der Waals surface area contributed by atoms with E-state index < -0.39 is 0 Å². The quantitative estimate of drug-likeness (QED) is 0.934. The number of aryl methyl sites for hydroxylation is 2. The van der Waals surface area contributed by atoms with Crippen LogP contribution in [0.3, 0.4) is 0 Å². The monoisotopic (exact) mass is 281 g/mol. The Labute approximate surface area is 126 Å². The topological polar surface area (TPSA) is 37.8 Å². The zero-order chi connectivity index (χ0) is 14.9. The van der Waals surface area contributed by atoms with Gasteiger partial charge in [0.05, 0.1) is 11.4 Å². The Morgan fingerprint density at radius 1 is 1.19 bits per heavy atom. The molecule has 3 rings (SSSR count). The number of hydrogen-bond donors (Lipinski definition) is 1. The van der Waals surface area contributed by atoms with E-state index in [-0.39, 0.29) is 5.41 Å². The van der Waals surface area contributed by atoms with Crippen LogP contribution >= 0.6 is 0 Å². The summed E-state index contributed by atoms with van der Waals surface area (Å²) in [6, 6.07) is 9.16. The summed E-state index contributed by atoms with van der Waals surface area (Å²) in [7, 11) is 0. The number of aromatic nitrogens is 2. The normalized spacial score (nSPS) is 20.0. The molecule has 1 aliphatic carbocycles. The van der Waals surface area contributed by atoms with Gasteiger partial charge in [-0.3, -0.25) is 9.97 Å². The van der Waals surface area contributed by atoms with Gasteiger partial charge in [0.15, 0.2) is 0 Å². The lowest BCUT2D eigenvalue weighted by molar-refractivity contribution is 0.207. The first kappa shape index (κ1) is 14.2. The van der Waals surface area contributed by atoms with Crippen molar-refractivity contribution < 1.29 is 0 Å². The van der Waals surface area contributed by atoms with Gasteiger partial charge in [-0.05, 0) is 36.3 Å². The SMILES string of the molecule is Cc1cnc(CNC2c3ccccc3CCC2(C)C)cn1. The van der Waals surface area contributed by atoms with E-state index in [1.165, 1.54) is 24.0 Å². The zero-order valence-electron chi connectivity index (χ0n) is 13.1. The van der Waals surface area contributed by atoms with Crippen LogP contribution in [0.5, 0.6) is 0 Å². The Kier molecular flexibility index (Phi) is 3.77. The van der Waals surface area contributed by atoms with Crippen molar-refractivity contribution in [2.45, 2.75) is 46.2 Å². The molecule has 3 heteroatoms. The van der Waals surface area contributed by atoms with Gasteiger partial charge < -0.3 is 5.32 Å². The highest BCUT2D eigenvalue weighted by molar-refractivity contribution is 5.34. The predicted octanol–water partition coefficient (Wildman–Crippen LogP) is 3.59. The lowest BCUT2D eigenvalue weighted by Gasteiger charge is -2.40. The molecule has 0 spiro atoms. The van der Waals surface area contributed by atoms with E-state index in [4.69, 9.17) is 0 Å². The van der Waals surface area contributed by atoms with Gasteiger partial charge in [0.1, 0.15) is 0 Å². The van der Waals surface area contributed by atoms with E-state index in [9.17, 15) is 0 Å². The number of rotatable bonds is 3. The van der Waals surface area contributed by atoms with Crippen LogP contribution in [-0.2, 0) is 13.0 Å². The standard InChI is InChI=1S/C18H23N3/c1-13-10-20-15(11-19-13)12-21-17-16-7-5-4-6-14(16)8-9-18(17,2)3/h4-7,10-11,17,21H,8-9,12H2,1-3H3. The first-order valence-electron chi connectivity index (χ1n) is 7.65. The van der Waals surface area contributed by atoms with E-state index >= 15 is 0 Å². The third-order valence-corrected chi connectivity index (χ3v) is 4.51. The van der Waals surface area contributed by atoms with Crippen molar-refractivity contribution in [3.05, 3.63) is 59.2 Å². The second-order valence-electron chi connectivity index (χ2n) is 6.65. The highest BCUT2D eigenvalue weighted by atomic mass is 15.0. The zero-order valence-corrected chi connectivity index (χ0v) is 13.1.